The molecule has 0 bridgehead atoms. The van der Waals surface area contributed by atoms with Gasteiger partial charge in [-0.15, -0.1) is 0 Å². The molecular weight excluding hydrogens is 440 g/mol. The van der Waals surface area contributed by atoms with Crippen LogP contribution in [0.15, 0.2) is 101 Å². The first-order valence-electron chi connectivity index (χ1n) is 12.1. The van der Waals surface area contributed by atoms with E-state index >= 15 is 0 Å². The second kappa shape index (κ2) is 9.59. The van der Waals surface area contributed by atoms with Crippen LogP contribution in [-0.2, 0) is 10.0 Å². The Balaban J connectivity index is 1.70. The van der Waals surface area contributed by atoms with Crippen molar-refractivity contribution in [2.45, 2.75) is 50.0 Å². The molecule has 1 fully saturated rings. The number of hydrogen-bond donors (Lipinski definition) is 0. The SMILES string of the molecule is Cc1ccc(S(=O)(=O)N2C(C3CCCCC3)=NC(c3ccccc3)=CC2c2ccccc2)cc1. The van der Waals surface area contributed by atoms with Gasteiger partial charge in [0.25, 0.3) is 10.0 Å². The molecule has 2 aliphatic rings. The largest absolute Gasteiger partial charge is 0.266 e. The van der Waals surface area contributed by atoms with Gasteiger partial charge < -0.3 is 0 Å². The summed E-state index contributed by atoms with van der Waals surface area (Å²) < 4.78 is 30.0. The van der Waals surface area contributed by atoms with E-state index in [4.69, 9.17) is 4.99 Å². The first-order valence-corrected chi connectivity index (χ1v) is 13.5. The van der Waals surface area contributed by atoms with Gasteiger partial charge in [0.2, 0.25) is 0 Å². The Morgan fingerprint density at radius 2 is 1.41 bits per heavy atom. The van der Waals surface area contributed by atoms with Crippen molar-refractivity contribution in [3.8, 4) is 0 Å². The van der Waals surface area contributed by atoms with E-state index in [-0.39, 0.29) is 5.92 Å². The fraction of sp³-hybridized carbons (Fsp3) is 0.276. The van der Waals surface area contributed by atoms with E-state index in [9.17, 15) is 8.42 Å². The number of hydrogen-bond acceptors (Lipinski definition) is 3. The number of amidine groups is 1. The van der Waals surface area contributed by atoms with Crippen LogP contribution in [0.3, 0.4) is 0 Å². The average Bonchev–Trinajstić information content (AvgIpc) is 2.90. The highest BCUT2D eigenvalue weighted by atomic mass is 32.2. The number of aryl methyl sites for hydroxylation is 1. The van der Waals surface area contributed by atoms with Gasteiger partial charge in [-0.05, 0) is 49.1 Å². The third-order valence-electron chi connectivity index (χ3n) is 6.79. The third kappa shape index (κ3) is 4.45. The molecule has 1 atom stereocenters. The molecule has 0 N–H and O–H groups in total. The molecule has 3 aromatic rings. The summed E-state index contributed by atoms with van der Waals surface area (Å²) in [4.78, 5) is 5.37. The van der Waals surface area contributed by atoms with Gasteiger partial charge in [0.15, 0.2) is 0 Å². The van der Waals surface area contributed by atoms with Crippen LogP contribution in [0.4, 0.5) is 0 Å². The summed E-state index contributed by atoms with van der Waals surface area (Å²) in [5.41, 5.74) is 3.81. The Bertz CT molecular complexity index is 1290. The molecule has 0 saturated heterocycles. The highest BCUT2D eigenvalue weighted by Crippen LogP contribution is 2.40. The quantitative estimate of drug-likeness (QED) is 0.414. The van der Waals surface area contributed by atoms with Gasteiger partial charge in [-0.2, -0.15) is 0 Å². The molecule has 1 saturated carbocycles. The maximum absolute atomic E-state index is 14.2. The number of nitrogens with zero attached hydrogens (tertiary/aromatic N) is 2. The fourth-order valence-corrected chi connectivity index (χ4v) is 6.57. The van der Waals surface area contributed by atoms with Gasteiger partial charge in [0.1, 0.15) is 5.84 Å². The standard InChI is InChI=1S/C29H30N2O2S/c1-22-17-19-26(20-18-22)34(32,33)31-28(24-13-7-3-8-14-24)21-27(23-11-5-2-6-12-23)30-29(31)25-15-9-4-10-16-25/h2-3,5-8,11-14,17-21,25,28H,4,9-10,15-16H2,1H3. The maximum Gasteiger partial charge on any atom is 0.266 e. The number of benzene rings is 3. The van der Waals surface area contributed by atoms with Crippen LogP contribution in [0.1, 0.15) is 54.8 Å². The minimum absolute atomic E-state index is 0.118. The number of rotatable bonds is 5. The zero-order valence-corrected chi connectivity index (χ0v) is 20.3. The smallest absolute Gasteiger partial charge is 0.242 e. The topological polar surface area (TPSA) is 49.7 Å². The minimum atomic E-state index is -3.82. The molecule has 1 heterocycles. The van der Waals surface area contributed by atoms with Crippen molar-refractivity contribution in [3.05, 3.63) is 108 Å². The zero-order valence-electron chi connectivity index (χ0n) is 19.5. The molecule has 0 spiro atoms. The van der Waals surface area contributed by atoms with Crippen molar-refractivity contribution in [2.24, 2.45) is 10.9 Å². The van der Waals surface area contributed by atoms with Gasteiger partial charge in [-0.3, -0.25) is 0 Å². The molecule has 5 rings (SSSR count). The van der Waals surface area contributed by atoms with Crippen molar-refractivity contribution >= 4 is 21.6 Å². The summed E-state index contributed by atoms with van der Waals surface area (Å²) in [6.45, 7) is 1.97. The van der Waals surface area contributed by atoms with Gasteiger partial charge in [0.05, 0.1) is 16.6 Å². The lowest BCUT2D eigenvalue weighted by molar-refractivity contribution is 0.394. The second-order valence-corrected chi connectivity index (χ2v) is 11.0. The Hall–Kier alpha value is -3.18. The fourth-order valence-electron chi connectivity index (χ4n) is 4.95. The molecule has 0 amide bonds. The van der Waals surface area contributed by atoms with E-state index in [1.807, 2.05) is 85.8 Å². The van der Waals surface area contributed by atoms with Crippen LogP contribution in [0.2, 0.25) is 0 Å². The number of sulfonamides is 1. The Labute approximate surface area is 202 Å². The monoisotopic (exact) mass is 470 g/mol. The van der Waals surface area contributed by atoms with Crippen LogP contribution in [0.5, 0.6) is 0 Å². The molecule has 0 radical (unpaired) electrons. The summed E-state index contributed by atoms with van der Waals surface area (Å²) in [5.74, 6) is 0.795. The van der Waals surface area contributed by atoms with Crippen LogP contribution in [-0.4, -0.2) is 18.6 Å². The van der Waals surface area contributed by atoms with E-state index in [1.54, 1.807) is 16.4 Å². The normalized spacial score (nSPS) is 19.4. The van der Waals surface area contributed by atoms with Crippen LogP contribution in [0.25, 0.3) is 5.70 Å². The van der Waals surface area contributed by atoms with Crippen molar-refractivity contribution in [2.75, 3.05) is 0 Å². The molecule has 34 heavy (non-hydrogen) atoms. The average molecular weight is 471 g/mol. The summed E-state index contributed by atoms with van der Waals surface area (Å²) in [6, 6.07) is 26.6. The minimum Gasteiger partial charge on any atom is -0.242 e. The molecular formula is C29H30N2O2S. The molecule has 4 nitrogen and oxygen atoms in total. The molecule has 0 aromatic heterocycles. The lowest BCUT2D eigenvalue weighted by Crippen LogP contribution is -2.45. The second-order valence-electron chi connectivity index (χ2n) is 9.19. The van der Waals surface area contributed by atoms with E-state index in [2.05, 4.69) is 0 Å². The molecule has 1 aliphatic heterocycles. The highest BCUT2D eigenvalue weighted by molar-refractivity contribution is 7.89. The van der Waals surface area contributed by atoms with Crippen LogP contribution in [0, 0.1) is 12.8 Å². The third-order valence-corrected chi connectivity index (χ3v) is 8.59. The van der Waals surface area contributed by atoms with Crippen molar-refractivity contribution < 1.29 is 8.42 Å². The lowest BCUT2D eigenvalue weighted by Gasteiger charge is -2.39. The van der Waals surface area contributed by atoms with Crippen molar-refractivity contribution in [3.63, 3.8) is 0 Å². The first kappa shape index (κ1) is 22.6. The van der Waals surface area contributed by atoms with Gasteiger partial charge in [-0.25, -0.2) is 17.7 Å². The molecule has 174 valence electrons. The summed E-state index contributed by atoms with van der Waals surface area (Å²) in [6.07, 6.45) is 7.32. The summed E-state index contributed by atoms with van der Waals surface area (Å²) in [7, 11) is -3.82. The Kier molecular flexibility index (Phi) is 6.38. The zero-order chi connectivity index (χ0) is 23.5. The summed E-state index contributed by atoms with van der Waals surface area (Å²) in [5, 5.41) is 0. The maximum atomic E-state index is 14.2. The number of aliphatic imine (C=N–C) groups is 1. The van der Waals surface area contributed by atoms with Crippen LogP contribution >= 0.6 is 0 Å². The van der Waals surface area contributed by atoms with E-state index < -0.39 is 16.1 Å². The van der Waals surface area contributed by atoms with Gasteiger partial charge in [-0.1, -0.05) is 97.6 Å². The Morgan fingerprint density at radius 3 is 2.06 bits per heavy atom. The lowest BCUT2D eigenvalue weighted by atomic mass is 9.87. The predicted molar refractivity (Wildman–Crippen MR) is 138 cm³/mol. The molecule has 1 aliphatic carbocycles. The van der Waals surface area contributed by atoms with E-state index in [1.165, 1.54) is 6.42 Å². The van der Waals surface area contributed by atoms with Crippen LogP contribution < -0.4 is 0 Å². The summed E-state index contributed by atoms with van der Waals surface area (Å²) >= 11 is 0. The first-order chi connectivity index (χ1) is 16.5. The molecule has 3 aromatic carbocycles. The van der Waals surface area contributed by atoms with Crippen molar-refractivity contribution in [1.82, 2.24) is 4.31 Å². The van der Waals surface area contributed by atoms with E-state index in [0.717, 1.165) is 48.1 Å². The van der Waals surface area contributed by atoms with Gasteiger partial charge in [0, 0.05) is 5.92 Å². The van der Waals surface area contributed by atoms with E-state index in [0.29, 0.717) is 10.7 Å². The molecule has 1 unspecified atom stereocenters. The van der Waals surface area contributed by atoms with Gasteiger partial charge >= 0.3 is 0 Å². The molecule has 5 heteroatoms. The highest BCUT2D eigenvalue weighted by Gasteiger charge is 2.40. The van der Waals surface area contributed by atoms with Crippen molar-refractivity contribution in [1.29, 1.82) is 0 Å². The Morgan fingerprint density at radius 1 is 0.794 bits per heavy atom. The predicted octanol–water partition coefficient (Wildman–Crippen LogP) is 6.76.